The van der Waals surface area contributed by atoms with Crippen LogP contribution in [0.5, 0.6) is 0 Å². The van der Waals surface area contributed by atoms with Gasteiger partial charge in [-0.15, -0.1) is 0 Å². The maximum atomic E-state index is 4.37. The molecule has 5 heteroatoms. The fourth-order valence-corrected chi connectivity index (χ4v) is 9.22. The molecule has 0 saturated carbocycles. The van der Waals surface area contributed by atoms with E-state index in [9.17, 15) is 0 Å². The van der Waals surface area contributed by atoms with Crippen molar-refractivity contribution in [2.45, 2.75) is 37.9 Å². The van der Waals surface area contributed by atoms with Gasteiger partial charge >= 0.3 is 162 Å². The number of aromatic nitrogens is 2. The van der Waals surface area contributed by atoms with Gasteiger partial charge in [-0.25, -0.2) is 0 Å². The maximum Gasteiger partial charge on any atom is -1.00 e. The summed E-state index contributed by atoms with van der Waals surface area (Å²) in [5.74, 6) is 0. The summed E-state index contributed by atoms with van der Waals surface area (Å²) in [5.41, 5.74) is 7.55. The number of hydrogen-bond donors (Lipinski definition) is 0. The van der Waals surface area contributed by atoms with E-state index in [1.165, 1.54) is 27.8 Å². The first-order valence-electron chi connectivity index (χ1n) is 8.83. The van der Waals surface area contributed by atoms with Crippen LogP contribution in [-0.4, -0.2) is 9.55 Å². The molecule has 0 spiro atoms. The molecule has 1 heterocycles. The van der Waals surface area contributed by atoms with Crippen LogP contribution in [0.2, 0.25) is 0 Å². The zero-order valence-electron chi connectivity index (χ0n) is 16.3. The number of hydrogen-bond acceptors (Lipinski definition) is 1. The van der Waals surface area contributed by atoms with Crippen LogP contribution in [-0.2, 0) is 26.5 Å². The molecule has 2 aliphatic carbocycles. The van der Waals surface area contributed by atoms with Gasteiger partial charge in [-0.1, -0.05) is 0 Å². The Morgan fingerprint density at radius 2 is 1.70 bits per heavy atom. The van der Waals surface area contributed by atoms with Gasteiger partial charge in [0.15, 0.2) is 0 Å². The van der Waals surface area contributed by atoms with E-state index < -0.39 is 23.2 Å². The monoisotopic (exact) mass is 476 g/mol. The van der Waals surface area contributed by atoms with E-state index in [-0.39, 0.29) is 33.5 Å². The molecular weight excluding hydrogens is 454 g/mol. The molecule has 1 unspecified atom stereocenters. The largest absolute Gasteiger partial charge is 1.00 e. The standard InChI is InChI=1S/C12H9N2.C10H15.2ClH.Zr/c1-2-4-11-10(3-1)5-6-12(11)14-8-7-13-9-14;1-7-6-10(4,5)9(3)8(7)2;;;/h1-9H;1-5H3;2*1H;/q;;;;+2/p-2. The molecule has 0 saturated heterocycles. The summed E-state index contributed by atoms with van der Waals surface area (Å²) in [6, 6.07) is 8.85. The number of halogens is 2. The van der Waals surface area contributed by atoms with E-state index in [0.717, 1.165) is 0 Å². The minimum Gasteiger partial charge on any atom is -1.00 e. The van der Waals surface area contributed by atoms with Gasteiger partial charge in [-0.3, -0.25) is 0 Å². The Balaban J connectivity index is 0.00000131. The van der Waals surface area contributed by atoms with Gasteiger partial charge in [0.25, 0.3) is 0 Å². The second kappa shape index (κ2) is 7.86. The van der Waals surface area contributed by atoms with E-state index in [2.05, 4.69) is 86.8 Å². The van der Waals surface area contributed by atoms with Crippen LogP contribution in [0.15, 0.2) is 69.1 Å². The van der Waals surface area contributed by atoms with E-state index >= 15 is 0 Å². The minimum absolute atomic E-state index is 0. The summed E-state index contributed by atoms with van der Waals surface area (Å²) in [4.78, 5) is 4.37. The van der Waals surface area contributed by atoms with E-state index in [1.54, 1.807) is 3.28 Å². The van der Waals surface area contributed by atoms with Crippen molar-refractivity contribution in [1.29, 1.82) is 0 Å². The average Bonchev–Trinajstić information content (AvgIpc) is 3.29. The average molecular weight is 479 g/mol. The first-order valence-corrected chi connectivity index (χ1v) is 11.3. The van der Waals surface area contributed by atoms with Crippen LogP contribution in [0, 0.1) is 5.41 Å². The van der Waals surface area contributed by atoms with Gasteiger partial charge in [0.05, 0.1) is 0 Å². The van der Waals surface area contributed by atoms with Crippen molar-refractivity contribution in [3.05, 3.63) is 80.2 Å². The Morgan fingerprint density at radius 3 is 2.30 bits per heavy atom. The van der Waals surface area contributed by atoms with Crippen molar-refractivity contribution in [2.24, 2.45) is 5.41 Å². The molecule has 0 fully saturated rings. The van der Waals surface area contributed by atoms with Crippen LogP contribution in [0.3, 0.4) is 0 Å². The molecule has 140 valence electrons. The van der Waals surface area contributed by atoms with Crippen LogP contribution < -0.4 is 24.8 Å². The molecule has 2 aliphatic rings. The molecule has 0 amide bonds. The molecule has 0 bridgehead atoms. The number of imidazole rings is 1. The van der Waals surface area contributed by atoms with Crippen molar-refractivity contribution in [2.75, 3.05) is 0 Å². The summed E-state index contributed by atoms with van der Waals surface area (Å²) < 4.78 is 4.04. The van der Waals surface area contributed by atoms with Gasteiger partial charge < -0.3 is 24.8 Å². The van der Waals surface area contributed by atoms with Crippen molar-refractivity contribution in [3.8, 4) is 0 Å². The van der Waals surface area contributed by atoms with Crippen molar-refractivity contribution >= 4 is 6.08 Å². The van der Waals surface area contributed by atoms with E-state index in [1.807, 2.05) is 12.5 Å². The Bertz CT molecular complexity index is 939. The topological polar surface area (TPSA) is 17.8 Å². The molecule has 1 aromatic carbocycles. The molecule has 4 rings (SSSR count). The van der Waals surface area contributed by atoms with E-state index in [0.29, 0.717) is 0 Å². The third-order valence-corrected chi connectivity index (χ3v) is 11.9. The third-order valence-electron chi connectivity index (χ3n) is 6.17. The van der Waals surface area contributed by atoms with Crippen molar-refractivity contribution in [3.63, 3.8) is 0 Å². The Kier molecular flexibility index (Phi) is 6.52. The second-order valence-corrected chi connectivity index (χ2v) is 11.4. The second-order valence-electron chi connectivity index (χ2n) is 7.66. The summed E-state index contributed by atoms with van der Waals surface area (Å²) in [5, 5.41) is 0. The zero-order chi connectivity index (χ0) is 17.8. The quantitative estimate of drug-likeness (QED) is 0.574. The molecule has 2 nitrogen and oxygen atoms in total. The Hall–Kier alpha value is -0.887. The SMILES string of the molecule is CC1=C(C)C(C)(C)[C]([Zr+2][C]2(n3ccnc3)C=Cc3ccccc32)=C1C.[Cl-].[Cl-]. The predicted octanol–water partition coefficient (Wildman–Crippen LogP) is -0.648. The Labute approximate surface area is 186 Å². The number of allylic oxidation sites excluding steroid dienone is 5. The van der Waals surface area contributed by atoms with Crippen LogP contribution in [0.1, 0.15) is 45.7 Å². The number of rotatable bonds is 3. The smallest absolute Gasteiger partial charge is 1.00 e. The first-order chi connectivity index (χ1) is 11.9. The van der Waals surface area contributed by atoms with Crippen LogP contribution >= 0.6 is 0 Å². The fraction of sp³-hybridized carbons (Fsp3) is 0.318. The molecular formula is C22H24Cl2N2Zr. The molecule has 1 aromatic heterocycles. The zero-order valence-corrected chi connectivity index (χ0v) is 20.3. The van der Waals surface area contributed by atoms with Gasteiger partial charge in [0.1, 0.15) is 0 Å². The predicted molar refractivity (Wildman–Crippen MR) is 99.6 cm³/mol. The number of nitrogens with zero attached hydrogens (tertiary/aromatic N) is 2. The maximum absolute atomic E-state index is 4.37. The number of fused-ring (bicyclic) bond motifs is 1. The first kappa shape index (κ1) is 22.4. The van der Waals surface area contributed by atoms with Crippen molar-refractivity contribution < 1.29 is 48.0 Å². The minimum atomic E-state index is -1.03. The van der Waals surface area contributed by atoms with Crippen LogP contribution in [0.4, 0.5) is 0 Å². The van der Waals surface area contributed by atoms with Crippen molar-refractivity contribution in [1.82, 2.24) is 9.55 Å². The van der Waals surface area contributed by atoms with E-state index in [4.69, 9.17) is 0 Å². The molecule has 1 atom stereocenters. The summed E-state index contributed by atoms with van der Waals surface area (Å²) in [6.45, 7) is 11.8. The van der Waals surface area contributed by atoms with Gasteiger partial charge in [-0.2, -0.15) is 0 Å². The summed E-state index contributed by atoms with van der Waals surface area (Å²) in [7, 11) is 0. The van der Waals surface area contributed by atoms with Crippen LogP contribution in [0.25, 0.3) is 6.08 Å². The Morgan fingerprint density at radius 1 is 1.00 bits per heavy atom. The molecule has 27 heavy (non-hydrogen) atoms. The molecule has 0 radical (unpaired) electrons. The molecule has 0 aliphatic heterocycles. The summed E-state index contributed by atoms with van der Waals surface area (Å²) >= 11 is -1.03. The fourth-order valence-electron chi connectivity index (χ4n) is 4.19. The molecule has 0 N–H and O–H groups in total. The normalized spacial score (nSPS) is 22.3. The van der Waals surface area contributed by atoms with Gasteiger partial charge in [0, 0.05) is 0 Å². The molecule has 2 aromatic rings. The number of benzene rings is 1. The van der Waals surface area contributed by atoms with Gasteiger partial charge in [-0.05, 0) is 0 Å². The third kappa shape index (κ3) is 3.26. The van der Waals surface area contributed by atoms with Gasteiger partial charge in [0.2, 0.25) is 0 Å². The summed E-state index contributed by atoms with van der Waals surface area (Å²) in [6.07, 6.45) is 10.8.